The van der Waals surface area contributed by atoms with E-state index >= 15 is 0 Å². The van der Waals surface area contributed by atoms with Crippen molar-refractivity contribution in [3.05, 3.63) is 51.5 Å². The molecule has 2 aromatic rings. The lowest BCUT2D eigenvalue weighted by molar-refractivity contribution is -0.119. The highest BCUT2D eigenvalue weighted by atomic mass is 32.1. The second kappa shape index (κ2) is 7.78. The van der Waals surface area contributed by atoms with E-state index in [2.05, 4.69) is 12.2 Å². The number of thiophene rings is 1. The number of amides is 1. The molecule has 4 nitrogen and oxygen atoms in total. The van der Waals surface area contributed by atoms with Crippen molar-refractivity contribution in [2.45, 2.75) is 32.6 Å². The Morgan fingerprint density at radius 3 is 2.92 bits per heavy atom. The summed E-state index contributed by atoms with van der Waals surface area (Å²) < 4.78 is 18.6. The summed E-state index contributed by atoms with van der Waals surface area (Å²) in [7, 11) is 0. The fraction of sp³-hybridized carbons (Fsp3) is 0.368. The Morgan fingerprint density at radius 2 is 2.16 bits per heavy atom. The molecular weight excluding hydrogens is 341 g/mol. The summed E-state index contributed by atoms with van der Waals surface area (Å²) in [5, 5.41) is 2.39. The van der Waals surface area contributed by atoms with Gasteiger partial charge in [-0.05, 0) is 48.9 Å². The molecule has 3 rings (SSSR count). The number of halogens is 1. The molecule has 1 N–H and O–H groups in total. The van der Waals surface area contributed by atoms with Gasteiger partial charge in [-0.3, -0.25) is 4.79 Å². The SMILES string of the molecule is CCC1CCc2sc(C(=O)OCC(=O)Nc3ccccc3F)cc2C1. The van der Waals surface area contributed by atoms with Crippen molar-refractivity contribution >= 4 is 28.9 Å². The molecule has 132 valence electrons. The molecule has 1 heterocycles. The van der Waals surface area contributed by atoms with Crippen LogP contribution in [-0.4, -0.2) is 18.5 Å². The van der Waals surface area contributed by atoms with Crippen molar-refractivity contribution in [3.8, 4) is 0 Å². The maximum absolute atomic E-state index is 13.5. The van der Waals surface area contributed by atoms with E-state index in [1.165, 1.54) is 40.0 Å². The number of hydrogen-bond donors (Lipinski definition) is 1. The lowest BCUT2D eigenvalue weighted by atomic mass is 9.87. The van der Waals surface area contributed by atoms with Gasteiger partial charge >= 0.3 is 5.97 Å². The van der Waals surface area contributed by atoms with Crippen LogP contribution in [0.15, 0.2) is 30.3 Å². The molecule has 1 atom stereocenters. The van der Waals surface area contributed by atoms with Crippen LogP contribution in [0.25, 0.3) is 0 Å². The summed E-state index contributed by atoms with van der Waals surface area (Å²) in [4.78, 5) is 25.8. The summed E-state index contributed by atoms with van der Waals surface area (Å²) in [6, 6.07) is 7.74. The van der Waals surface area contributed by atoms with E-state index < -0.39 is 24.3 Å². The quantitative estimate of drug-likeness (QED) is 0.812. The number of carbonyl (C=O) groups is 2. The molecule has 0 saturated carbocycles. The third-order valence-electron chi connectivity index (χ3n) is 4.45. The lowest BCUT2D eigenvalue weighted by Crippen LogP contribution is -2.21. The van der Waals surface area contributed by atoms with Crippen LogP contribution in [0.2, 0.25) is 0 Å². The zero-order valence-electron chi connectivity index (χ0n) is 14.0. The number of esters is 1. The molecule has 0 bridgehead atoms. The second-order valence-electron chi connectivity index (χ2n) is 6.18. The number of hydrogen-bond acceptors (Lipinski definition) is 4. The minimum atomic E-state index is -0.564. The van der Waals surface area contributed by atoms with Crippen LogP contribution >= 0.6 is 11.3 Å². The van der Waals surface area contributed by atoms with E-state index in [9.17, 15) is 14.0 Å². The van der Waals surface area contributed by atoms with Gasteiger partial charge in [0, 0.05) is 4.88 Å². The molecule has 0 spiro atoms. The van der Waals surface area contributed by atoms with E-state index in [0.29, 0.717) is 10.8 Å². The fourth-order valence-corrected chi connectivity index (χ4v) is 4.10. The Kier molecular flexibility index (Phi) is 5.48. The molecular formula is C19H20FNO3S. The minimum absolute atomic E-state index is 0.0701. The van der Waals surface area contributed by atoms with Crippen LogP contribution in [0.1, 0.15) is 39.9 Å². The first-order valence-corrected chi connectivity index (χ1v) is 9.21. The number of rotatable bonds is 5. The zero-order chi connectivity index (χ0) is 17.8. The maximum atomic E-state index is 13.5. The summed E-state index contributed by atoms with van der Waals surface area (Å²) in [6.07, 6.45) is 4.30. The molecule has 1 aliphatic carbocycles. The Balaban J connectivity index is 1.55. The Morgan fingerprint density at radius 1 is 1.36 bits per heavy atom. The van der Waals surface area contributed by atoms with Gasteiger partial charge in [0.15, 0.2) is 6.61 Å². The van der Waals surface area contributed by atoms with Gasteiger partial charge in [-0.2, -0.15) is 0 Å². The molecule has 25 heavy (non-hydrogen) atoms. The van der Waals surface area contributed by atoms with Crippen LogP contribution in [0.3, 0.4) is 0 Å². The first kappa shape index (κ1) is 17.6. The number of anilines is 1. The van der Waals surface area contributed by atoms with Gasteiger partial charge in [0.1, 0.15) is 10.7 Å². The van der Waals surface area contributed by atoms with Crippen molar-refractivity contribution in [2.24, 2.45) is 5.92 Å². The highest BCUT2D eigenvalue weighted by Gasteiger charge is 2.23. The number of carbonyl (C=O) groups excluding carboxylic acids is 2. The third kappa shape index (κ3) is 4.25. The highest BCUT2D eigenvalue weighted by Crippen LogP contribution is 2.33. The average Bonchev–Trinajstić information content (AvgIpc) is 3.04. The van der Waals surface area contributed by atoms with Crippen LogP contribution in [-0.2, 0) is 22.4 Å². The largest absolute Gasteiger partial charge is 0.451 e. The van der Waals surface area contributed by atoms with Gasteiger partial charge in [-0.15, -0.1) is 11.3 Å². The van der Waals surface area contributed by atoms with Gasteiger partial charge in [0.25, 0.3) is 5.91 Å². The molecule has 6 heteroatoms. The molecule has 1 aromatic heterocycles. The predicted octanol–water partition coefficient (Wildman–Crippen LogP) is 4.20. The smallest absolute Gasteiger partial charge is 0.348 e. The number of ether oxygens (including phenoxy) is 1. The fourth-order valence-electron chi connectivity index (χ4n) is 3.00. The number of benzene rings is 1. The number of fused-ring (bicyclic) bond motifs is 1. The minimum Gasteiger partial charge on any atom is -0.451 e. The summed E-state index contributed by atoms with van der Waals surface area (Å²) in [5.41, 5.74) is 1.30. The van der Waals surface area contributed by atoms with Crippen molar-refractivity contribution in [1.82, 2.24) is 0 Å². The molecule has 1 amide bonds. The number of nitrogens with one attached hydrogen (secondary N) is 1. The van der Waals surface area contributed by atoms with Crippen LogP contribution < -0.4 is 5.32 Å². The predicted molar refractivity (Wildman–Crippen MR) is 95.4 cm³/mol. The summed E-state index contributed by atoms with van der Waals surface area (Å²) in [6.45, 7) is 1.75. The molecule has 0 radical (unpaired) electrons. The van der Waals surface area contributed by atoms with Gasteiger partial charge in [0.05, 0.1) is 5.69 Å². The molecule has 0 saturated heterocycles. The third-order valence-corrected chi connectivity index (χ3v) is 5.66. The van der Waals surface area contributed by atoms with Gasteiger partial charge < -0.3 is 10.1 Å². The summed E-state index contributed by atoms with van der Waals surface area (Å²) >= 11 is 1.45. The lowest BCUT2D eigenvalue weighted by Gasteiger charge is -2.19. The van der Waals surface area contributed by atoms with Gasteiger partial charge in [-0.25, -0.2) is 9.18 Å². The van der Waals surface area contributed by atoms with E-state index in [4.69, 9.17) is 4.74 Å². The van der Waals surface area contributed by atoms with E-state index in [0.717, 1.165) is 25.7 Å². The normalized spacial score (nSPS) is 16.2. The monoisotopic (exact) mass is 361 g/mol. The Bertz CT molecular complexity index is 787. The molecule has 1 aromatic carbocycles. The number of aryl methyl sites for hydroxylation is 1. The number of para-hydroxylation sites is 1. The molecule has 0 aliphatic heterocycles. The van der Waals surface area contributed by atoms with Crippen molar-refractivity contribution in [3.63, 3.8) is 0 Å². The highest BCUT2D eigenvalue weighted by molar-refractivity contribution is 7.14. The molecule has 0 fully saturated rings. The van der Waals surface area contributed by atoms with E-state index in [1.807, 2.05) is 6.07 Å². The van der Waals surface area contributed by atoms with Gasteiger partial charge in [-0.1, -0.05) is 25.5 Å². The topological polar surface area (TPSA) is 55.4 Å². The first-order valence-electron chi connectivity index (χ1n) is 8.40. The van der Waals surface area contributed by atoms with Crippen LogP contribution in [0.5, 0.6) is 0 Å². The van der Waals surface area contributed by atoms with Crippen LogP contribution in [0, 0.1) is 11.7 Å². The van der Waals surface area contributed by atoms with Crippen molar-refractivity contribution < 1.29 is 18.7 Å². The second-order valence-corrected chi connectivity index (χ2v) is 7.32. The summed E-state index contributed by atoms with van der Waals surface area (Å²) in [5.74, 6) is -0.918. The van der Waals surface area contributed by atoms with Crippen molar-refractivity contribution in [1.29, 1.82) is 0 Å². The first-order chi connectivity index (χ1) is 12.1. The molecule has 1 unspecified atom stereocenters. The molecule has 1 aliphatic rings. The zero-order valence-corrected chi connectivity index (χ0v) is 14.8. The standard InChI is InChI=1S/C19H20FNO3S/c1-2-12-7-8-16-13(9-12)10-17(25-16)19(23)24-11-18(22)21-15-6-4-3-5-14(15)20/h3-6,10,12H,2,7-9,11H2,1H3,(H,21,22). The van der Waals surface area contributed by atoms with Crippen LogP contribution in [0.4, 0.5) is 10.1 Å². The average molecular weight is 361 g/mol. The van der Waals surface area contributed by atoms with E-state index in [-0.39, 0.29) is 5.69 Å². The Hall–Kier alpha value is -2.21. The van der Waals surface area contributed by atoms with Gasteiger partial charge in [0.2, 0.25) is 0 Å². The van der Waals surface area contributed by atoms with Crippen molar-refractivity contribution in [2.75, 3.05) is 11.9 Å². The van der Waals surface area contributed by atoms with E-state index in [1.54, 1.807) is 6.07 Å². The Labute approximate surface area is 150 Å². The maximum Gasteiger partial charge on any atom is 0.348 e.